The third-order valence-corrected chi connectivity index (χ3v) is 5.01. The summed E-state index contributed by atoms with van der Waals surface area (Å²) in [7, 11) is 0. The summed E-state index contributed by atoms with van der Waals surface area (Å²) in [4.78, 5) is 16.9. The van der Waals surface area contributed by atoms with Crippen molar-refractivity contribution in [3.05, 3.63) is 83.2 Å². The van der Waals surface area contributed by atoms with Crippen molar-refractivity contribution >= 4 is 11.5 Å². The maximum atomic E-state index is 12.1. The number of nitrogens with zero attached hydrogens (tertiary/aromatic N) is 2. The van der Waals surface area contributed by atoms with Crippen molar-refractivity contribution in [1.29, 1.82) is 5.26 Å². The van der Waals surface area contributed by atoms with Crippen LogP contribution in [0.2, 0.25) is 0 Å². The molecule has 0 saturated carbocycles. The first kappa shape index (κ1) is 24.0. The molecule has 0 amide bonds. The van der Waals surface area contributed by atoms with E-state index in [4.69, 9.17) is 10.3 Å². The van der Waals surface area contributed by atoms with Crippen LogP contribution in [0, 0.1) is 23.2 Å². The van der Waals surface area contributed by atoms with Crippen LogP contribution in [0.1, 0.15) is 48.0 Å². The van der Waals surface area contributed by atoms with Crippen LogP contribution in [0.3, 0.4) is 0 Å². The molecular weight excluding hydrogens is 356 g/mol. The van der Waals surface area contributed by atoms with E-state index in [-0.39, 0.29) is 5.92 Å². The number of aliphatic imine (C=N–C) groups is 1. The highest BCUT2D eigenvalue weighted by Gasteiger charge is 2.24. The van der Waals surface area contributed by atoms with Crippen molar-refractivity contribution in [2.24, 2.45) is 16.8 Å². The van der Waals surface area contributed by atoms with Gasteiger partial charge in [-0.2, -0.15) is 5.26 Å². The van der Waals surface area contributed by atoms with Crippen LogP contribution in [-0.4, -0.2) is 11.5 Å². The summed E-state index contributed by atoms with van der Waals surface area (Å²) in [5.74, 6) is 0.0881. The molecule has 29 heavy (non-hydrogen) atoms. The summed E-state index contributed by atoms with van der Waals surface area (Å²) in [6.45, 7) is 19.9. The Balaban J connectivity index is 3.55. The molecule has 0 saturated heterocycles. The minimum absolute atomic E-state index is 0.257. The van der Waals surface area contributed by atoms with E-state index >= 15 is 0 Å². The smallest absolute Gasteiger partial charge is 0.262 e. The molecule has 0 aliphatic heterocycles. The Morgan fingerprint density at radius 2 is 2.03 bits per heavy atom. The summed E-state index contributed by atoms with van der Waals surface area (Å²) in [6.07, 6.45) is 12.4. The largest absolute Gasteiger partial charge is 0.277 e. The topological polar surface area (TPSA) is 53.2 Å². The fourth-order valence-corrected chi connectivity index (χ4v) is 3.23. The highest BCUT2D eigenvalue weighted by molar-refractivity contribution is 6.10. The predicted molar refractivity (Wildman–Crippen MR) is 123 cm³/mol. The van der Waals surface area contributed by atoms with Crippen LogP contribution in [-0.2, 0) is 4.79 Å². The Morgan fingerprint density at radius 1 is 1.38 bits per heavy atom. The Labute approximate surface area is 175 Å². The van der Waals surface area contributed by atoms with Crippen molar-refractivity contribution in [2.45, 2.75) is 48.0 Å². The van der Waals surface area contributed by atoms with Gasteiger partial charge in [-0.25, -0.2) is 0 Å². The van der Waals surface area contributed by atoms with E-state index in [0.29, 0.717) is 17.1 Å². The Kier molecular flexibility index (Phi) is 9.22. The standard InChI is InChI=1S/C26H32N2O/c1-9-11-12-21(10-2)20(8)28-25-15-22(23(17(3)4)13-19(25)7)14-24(18(5)6)26(29)16-27/h9-12,14-15,17,23H,2,5,13H2,1,3-4,6-8H3/b11-9-,21-12-,24-14+,28-20?. The predicted octanol–water partition coefficient (Wildman–Crippen LogP) is 6.61. The monoisotopic (exact) mass is 388 g/mol. The van der Waals surface area contributed by atoms with E-state index < -0.39 is 5.78 Å². The molecule has 3 heteroatoms. The maximum absolute atomic E-state index is 12.1. The van der Waals surface area contributed by atoms with Crippen LogP contribution in [0.4, 0.5) is 0 Å². The number of ketones is 1. The van der Waals surface area contributed by atoms with Gasteiger partial charge in [0.2, 0.25) is 0 Å². The van der Waals surface area contributed by atoms with Gasteiger partial charge in [0, 0.05) is 11.3 Å². The zero-order valence-corrected chi connectivity index (χ0v) is 18.5. The van der Waals surface area contributed by atoms with Gasteiger partial charge in [0.05, 0.1) is 5.70 Å². The number of rotatable bonds is 8. The van der Waals surface area contributed by atoms with Crippen LogP contribution < -0.4 is 0 Å². The lowest BCUT2D eigenvalue weighted by Gasteiger charge is -2.28. The van der Waals surface area contributed by atoms with E-state index in [0.717, 1.165) is 29.0 Å². The van der Waals surface area contributed by atoms with Crippen LogP contribution in [0.5, 0.6) is 0 Å². The molecule has 0 aromatic heterocycles. The third kappa shape index (κ3) is 6.54. The lowest BCUT2D eigenvalue weighted by molar-refractivity contribution is -0.110. The van der Waals surface area contributed by atoms with Gasteiger partial charge < -0.3 is 0 Å². The zero-order valence-electron chi connectivity index (χ0n) is 18.5. The van der Waals surface area contributed by atoms with Gasteiger partial charge >= 0.3 is 0 Å². The van der Waals surface area contributed by atoms with Crippen LogP contribution in [0.15, 0.2) is 88.2 Å². The molecule has 0 bridgehead atoms. The van der Waals surface area contributed by atoms with Gasteiger partial charge in [-0.05, 0) is 80.4 Å². The van der Waals surface area contributed by atoms with E-state index in [1.165, 1.54) is 5.57 Å². The number of carbonyl (C=O) groups excluding carboxylic acids is 1. The van der Waals surface area contributed by atoms with Gasteiger partial charge in [-0.15, -0.1) is 0 Å². The minimum atomic E-state index is -0.559. The van der Waals surface area contributed by atoms with E-state index in [1.54, 1.807) is 19.1 Å². The Morgan fingerprint density at radius 3 is 2.52 bits per heavy atom. The second-order valence-electron chi connectivity index (χ2n) is 7.69. The first-order valence-electron chi connectivity index (χ1n) is 9.90. The first-order chi connectivity index (χ1) is 13.7. The molecule has 0 radical (unpaired) electrons. The molecule has 1 rings (SSSR count). The van der Waals surface area contributed by atoms with Crippen molar-refractivity contribution < 1.29 is 4.79 Å². The van der Waals surface area contributed by atoms with Gasteiger partial charge in [-0.1, -0.05) is 51.3 Å². The molecule has 0 aromatic carbocycles. The average molecular weight is 389 g/mol. The quantitative estimate of drug-likeness (QED) is 0.203. The van der Waals surface area contributed by atoms with E-state index in [2.05, 4.69) is 33.9 Å². The van der Waals surface area contributed by atoms with Crippen molar-refractivity contribution in [3.8, 4) is 6.07 Å². The molecule has 0 fully saturated rings. The van der Waals surface area contributed by atoms with Crippen LogP contribution in [0.25, 0.3) is 0 Å². The molecule has 152 valence electrons. The van der Waals surface area contributed by atoms with Crippen LogP contribution >= 0.6 is 0 Å². The number of hydrogen-bond donors (Lipinski definition) is 0. The Hall–Kier alpha value is -2.99. The maximum Gasteiger partial charge on any atom is 0.262 e. The fraction of sp³-hybridized carbons (Fsp3) is 0.346. The summed E-state index contributed by atoms with van der Waals surface area (Å²) in [5.41, 5.74) is 5.91. The lowest BCUT2D eigenvalue weighted by atomic mass is 9.78. The molecule has 1 unspecified atom stereocenters. The van der Waals surface area contributed by atoms with E-state index in [9.17, 15) is 4.79 Å². The minimum Gasteiger partial charge on any atom is -0.277 e. The van der Waals surface area contributed by atoms with E-state index in [1.807, 2.05) is 44.2 Å². The molecule has 1 atom stereocenters. The molecule has 0 aromatic rings. The fourth-order valence-electron chi connectivity index (χ4n) is 3.23. The third-order valence-electron chi connectivity index (χ3n) is 5.01. The molecule has 1 aliphatic carbocycles. The molecule has 1 aliphatic rings. The second-order valence-corrected chi connectivity index (χ2v) is 7.69. The Bertz CT molecular complexity index is 909. The molecular formula is C26H32N2O. The number of carbonyl (C=O) groups is 1. The normalized spacial score (nSPS) is 18.8. The van der Waals surface area contributed by atoms with Gasteiger partial charge in [0.15, 0.2) is 0 Å². The molecule has 0 N–H and O–H groups in total. The number of nitriles is 1. The number of hydrogen-bond acceptors (Lipinski definition) is 3. The number of allylic oxidation sites excluding steroid dienone is 11. The SMILES string of the molecule is C=C/C(=C/C=C\C)C(C)=NC1=C(C)CC(C(C)C)C(/C=C(\C(=C)C)C(=O)C#N)=C1. The van der Waals surface area contributed by atoms with Crippen molar-refractivity contribution in [2.75, 3.05) is 0 Å². The van der Waals surface area contributed by atoms with Crippen molar-refractivity contribution in [3.63, 3.8) is 0 Å². The molecule has 3 nitrogen and oxygen atoms in total. The number of Topliss-reactive ketones (excluding diaryl/α,β-unsaturated/α-hetero) is 1. The first-order valence-corrected chi connectivity index (χ1v) is 9.90. The lowest BCUT2D eigenvalue weighted by Crippen LogP contribution is -2.17. The summed E-state index contributed by atoms with van der Waals surface area (Å²) < 4.78 is 0. The summed E-state index contributed by atoms with van der Waals surface area (Å²) in [6, 6.07) is 1.71. The summed E-state index contributed by atoms with van der Waals surface area (Å²) >= 11 is 0. The summed E-state index contributed by atoms with van der Waals surface area (Å²) in [5, 5.41) is 9.08. The molecule has 0 heterocycles. The average Bonchev–Trinajstić information content (AvgIpc) is 2.67. The van der Waals surface area contributed by atoms with Gasteiger partial charge in [-0.3, -0.25) is 9.79 Å². The highest BCUT2D eigenvalue weighted by Crippen LogP contribution is 2.36. The highest BCUT2D eigenvalue weighted by atomic mass is 16.1. The van der Waals surface area contributed by atoms with Gasteiger partial charge in [0.25, 0.3) is 5.78 Å². The zero-order chi connectivity index (χ0) is 22.1. The second kappa shape index (κ2) is 11.1. The van der Waals surface area contributed by atoms with Gasteiger partial charge in [0.1, 0.15) is 6.07 Å². The van der Waals surface area contributed by atoms with Crippen molar-refractivity contribution in [1.82, 2.24) is 0 Å². The molecule has 0 spiro atoms.